The van der Waals surface area contributed by atoms with E-state index in [1.807, 2.05) is 53.7 Å². The van der Waals surface area contributed by atoms with E-state index in [2.05, 4.69) is 36.4 Å². The third-order valence-electron chi connectivity index (χ3n) is 5.34. The lowest BCUT2D eigenvalue weighted by atomic mass is 9.84. The number of esters is 2. The fraction of sp³-hybridized carbons (Fsp3) is 0.481. The molecular formula is C27H36O4. The molecule has 4 heteroatoms. The van der Waals surface area contributed by atoms with E-state index < -0.39 is 10.8 Å². The molecule has 168 valence electrons. The van der Waals surface area contributed by atoms with Gasteiger partial charge in [0.2, 0.25) is 0 Å². The molecule has 0 fully saturated rings. The van der Waals surface area contributed by atoms with Crippen LogP contribution in [0.5, 0.6) is 0 Å². The van der Waals surface area contributed by atoms with E-state index >= 15 is 0 Å². The Morgan fingerprint density at radius 2 is 1.03 bits per heavy atom. The van der Waals surface area contributed by atoms with Crippen molar-refractivity contribution in [2.75, 3.05) is 13.2 Å². The van der Waals surface area contributed by atoms with Crippen LogP contribution < -0.4 is 0 Å². The molecule has 2 rings (SSSR count). The van der Waals surface area contributed by atoms with Crippen LogP contribution in [0.25, 0.3) is 0 Å². The Kier molecular flexibility index (Phi) is 8.43. The second-order valence-electron chi connectivity index (χ2n) is 9.38. The number of carbonyl (C=O) groups is 2. The monoisotopic (exact) mass is 424 g/mol. The Morgan fingerprint density at radius 1 is 0.677 bits per heavy atom. The molecule has 0 amide bonds. The van der Waals surface area contributed by atoms with E-state index in [-0.39, 0.29) is 11.9 Å². The zero-order valence-corrected chi connectivity index (χ0v) is 19.8. The molecule has 0 N–H and O–H groups in total. The summed E-state index contributed by atoms with van der Waals surface area (Å²) in [5.41, 5.74) is 3.50. The van der Waals surface area contributed by atoms with Crippen molar-refractivity contribution in [2.45, 2.75) is 60.8 Å². The predicted octanol–water partition coefficient (Wildman–Crippen LogP) is 5.54. The van der Waals surface area contributed by atoms with Gasteiger partial charge in [-0.2, -0.15) is 0 Å². The van der Waals surface area contributed by atoms with Crippen molar-refractivity contribution in [3.8, 4) is 0 Å². The fourth-order valence-corrected chi connectivity index (χ4v) is 3.75. The number of hydrogen-bond donors (Lipinski definition) is 0. The van der Waals surface area contributed by atoms with E-state index in [9.17, 15) is 9.59 Å². The number of carbonyl (C=O) groups excluding carboxylic acids is 2. The largest absolute Gasteiger partial charge is 0.466 e. The van der Waals surface area contributed by atoms with Gasteiger partial charge in [-0.05, 0) is 83.1 Å². The van der Waals surface area contributed by atoms with Crippen LogP contribution in [0.1, 0.15) is 63.8 Å². The number of benzene rings is 2. The van der Waals surface area contributed by atoms with Gasteiger partial charge in [-0.3, -0.25) is 9.59 Å². The quantitative estimate of drug-likeness (QED) is 0.470. The van der Waals surface area contributed by atoms with Crippen LogP contribution in [0.4, 0.5) is 0 Å². The van der Waals surface area contributed by atoms with Crippen molar-refractivity contribution in [3.05, 3.63) is 70.8 Å². The van der Waals surface area contributed by atoms with Crippen molar-refractivity contribution in [2.24, 2.45) is 10.8 Å². The van der Waals surface area contributed by atoms with Crippen molar-refractivity contribution in [1.29, 1.82) is 0 Å². The highest BCUT2D eigenvalue weighted by atomic mass is 16.5. The Hall–Kier alpha value is -2.62. The van der Waals surface area contributed by atoms with Crippen molar-refractivity contribution < 1.29 is 19.1 Å². The molecule has 2 aromatic carbocycles. The van der Waals surface area contributed by atoms with Crippen LogP contribution in [-0.4, -0.2) is 25.2 Å². The van der Waals surface area contributed by atoms with Gasteiger partial charge < -0.3 is 9.47 Å². The second-order valence-corrected chi connectivity index (χ2v) is 9.38. The van der Waals surface area contributed by atoms with Gasteiger partial charge in [0.1, 0.15) is 0 Å². The van der Waals surface area contributed by atoms with E-state index in [1.165, 1.54) is 11.1 Å². The van der Waals surface area contributed by atoms with Gasteiger partial charge in [0, 0.05) is 0 Å². The van der Waals surface area contributed by atoms with Gasteiger partial charge in [-0.15, -0.1) is 0 Å². The number of hydrogen-bond acceptors (Lipinski definition) is 4. The van der Waals surface area contributed by atoms with E-state index in [0.29, 0.717) is 26.1 Å². The molecule has 0 aliphatic rings. The maximum absolute atomic E-state index is 12.2. The number of ether oxygens (including phenoxy) is 2. The van der Waals surface area contributed by atoms with Gasteiger partial charge in [0.15, 0.2) is 0 Å². The first-order valence-electron chi connectivity index (χ1n) is 11.1. The first-order chi connectivity index (χ1) is 14.6. The molecule has 0 spiro atoms. The summed E-state index contributed by atoms with van der Waals surface area (Å²) in [4.78, 5) is 24.5. The van der Waals surface area contributed by atoms with Crippen molar-refractivity contribution >= 4 is 11.9 Å². The predicted molar refractivity (Wildman–Crippen MR) is 124 cm³/mol. The molecule has 31 heavy (non-hydrogen) atoms. The van der Waals surface area contributed by atoms with Crippen LogP contribution in [-0.2, 0) is 38.3 Å². The minimum atomic E-state index is -0.562. The minimum absolute atomic E-state index is 0.169. The van der Waals surface area contributed by atoms with Crippen LogP contribution >= 0.6 is 0 Å². The Balaban J connectivity index is 2.12. The zero-order valence-electron chi connectivity index (χ0n) is 19.8. The Morgan fingerprint density at radius 3 is 1.39 bits per heavy atom. The van der Waals surface area contributed by atoms with Gasteiger partial charge in [-0.1, -0.05) is 48.5 Å². The van der Waals surface area contributed by atoms with Crippen molar-refractivity contribution in [1.82, 2.24) is 0 Å². The lowest BCUT2D eigenvalue weighted by molar-refractivity contribution is -0.154. The molecule has 0 saturated carbocycles. The highest BCUT2D eigenvalue weighted by Crippen LogP contribution is 2.26. The lowest BCUT2D eigenvalue weighted by Gasteiger charge is -2.23. The minimum Gasteiger partial charge on any atom is -0.466 e. The average Bonchev–Trinajstić information content (AvgIpc) is 2.68. The van der Waals surface area contributed by atoms with Gasteiger partial charge in [-0.25, -0.2) is 0 Å². The first kappa shape index (κ1) is 24.6. The molecular weight excluding hydrogens is 388 g/mol. The molecule has 0 atom stereocenters. The van der Waals surface area contributed by atoms with Gasteiger partial charge in [0.25, 0.3) is 0 Å². The summed E-state index contributed by atoms with van der Waals surface area (Å²) in [7, 11) is 0. The smallest absolute Gasteiger partial charge is 0.311 e. The zero-order chi connectivity index (χ0) is 23.1. The Labute approximate surface area is 187 Å². The summed E-state index contributed by atoms with van der Waals surface area (Å²) in [6.07, 6.45) is 2.06. The molecule has 0 heterocycles. The summed E-state index contributed by atoms with van der Waals surface area (Å²) in [5, 5.41) is 0. The van der Waals surface area contributed by atoms with Crippen molar-refractivity contribution in [3.63, 3.8) is 0 Å². The summed E-state index contributed by atoms with van der Waals surface area (Å²) in [6, 6.07) is 16.7. The SMILES string of the molecule is CCOC(=O)C(C)(C)Cc1cccc(Cc2cccc(CC(C)(C)C(=O)OCC)c2)c1. The molecule has 0 unspecified atom stereocenters. The number of rotatable bonds is 10. The highest BCUT2D eigenvalue weighted by molar-refractivity contribution is 5.76. The van der Waals surface area contributed by atoms with Crippen LogP contribution in [0.2, 0.25) is 0 Å². The summed E-state index contributed by atoms with van der Waals surface area (Å²) < 4.78 is 10.4. The van der Waals surface area contributed by atoms with Gasteiger partial charge >= 0.3 is 11.9 Å². The topological polar surface area (TPSA) is 52.6 Å². The standard InChI is InChI=1S/C27H36O4/c1-7-30-24(28)26(3,4)18-22-13-9-11-20(16-22)15-21-12-10-14-23(17-21)19-27(5,6)25(29)31-8-2/h9-14,16-17H,7-8,15,18-19H2,1-6H3. The van der Waals surface area contributed by atoms with E-state index in [0.717, 1.165) is 17.5 Å². The van der Waals surface area contributed by atoms with Crippen LogP contribution in [0, 0.1) is 10.8 Å². The van der Waals surface area contributed by atoms with E-state index in [1.54, 1.807) is 0 Å². The molecule has 0 bridgehead atoms. The average molecular weight is 425 g/mol. The summed E-state index contributed by atoms with van der Waals surface area (Å²) in [5.74, 6) is -0.338. The summed E-state index contributed by atoms with van der Waals surface area (Å²) >= 11 is 0. The Bertz CT molecular complexity index is 822. The van der Waals surface area contributed by atoms with Crippen LogP contribution in [0.15, 0.2) is 48.5 Å². The first-order valence-corrected chi connectivity index (χ1v) is 11.1. The molecule has 0 aromatic heterocycles. The molecule has 0 radical (unpaired) electrons. The molecule has 0 aliphatic carbocycles. The summed E-state index contributed by atoms with van der Waals surface area (Å²) in [6.45, 7) is 12.1. The second kappa shape index (κ2) is 10.6. The lowest BCUT2D eigenvalue weighted by Crippen LogP contribution is -2.29. The molecule has 0 aliphatic heterocycles. The van der Waals surface area contributed by atoms with Crippen LogP contribution in [0.3, 0.4) is 0 Å². The molecule has 4 nitrogen and oxygen atoms in total. The normalized spacial score (nSPS) is 11.8. The fourth-order valence-electron chi connectivity index (χ4n) is 3.75. The maximum Gasteiger partial charge on any atom is 0.311 e. The highest BCUT2D eigenvalue weighted by Gasteiger charge is 2.30. The molecule has 0 saturated heterocycles. The van der Waals surface area contributed by atoms with E-state index in [4.69, 9.17) is 9.47 Å². The third kappa shape index (κ3) is 7.23. The molecule has 2 aromatic rings. The third-order valence-corrected chi connectivity index (χ3v) is 5.34. The maximum atomic E-state index is 12.2. The van der Waals surface area contributed by atoms with Gasteiger partial charge in [0.05, 0.1) is 24.0 Å².